The molecule has 0 saturated heterocycles. The number of nitrogens with zero attached hydrogens (tertiary/aromatic N) is 1. The maximum absolute atomic E-state index is 13.3. The SMILES string of the molecule is CCCNCC(F)(F)C1=C=C=NC=C1. The molecule has 0 aromatic rings. The molecule has 14 heavy (non-hydrogen) atoms. The smallest absolute Gasteiger partial charge is 0.293 e. The fourth-order valence-corrected chi connectivity index (χ4v) is 1.01. The highest BCUT2D eigenvalue weighted by Crippen LogP contribution is 2.23. The van der Waals surface area contributed by atoms with Crippen LogP contribution >= 0.6 is 0 Å². The second-order valence-electron chi connectivity index (χ2n) is 2.98. The van der Waals surface area contributed by atoms with Crippen LogP contribution in [-0.4, -0.2) is 24.9 Å². The van der Waals surface area contributed by atoms with Crippen LogP contribution < -0.4 is 5.32 Å². The van der Waals surface area contributed by atoms with Crippen LogP contribution in [-0.2, 0) is 0 Å². The largest absolute Gasteiger partial charge is 0.311 e. The number of halogens is 2. The number of allylic oxidation sites excluding steroid dienone is 1. The van der Waals surface area contributed by atoms with Crippen molar-refractivity contribution in [3.63, 3.8) is 0 Å². The first-order chi connectivity index (χ1) is 6.67. The third-order valence-electron chi connectivity index (χ3n) is 1.74. The maximum Gasteiger partial charge on any atom is 0.293 e. The molecule has 1 heterocycles. The van der Waals surface area contributed by atoms with Crippen LogP contribution in [0.3, 0.4) is 0 Å². The summed E-state index contributed by atoms with van der Waals surface area (Å²) in [6.07, 6.45) is 3.38. The summed E-state index contributed by atoms with van der Waals surface area (Å²) in [6, 6.07) is 0. The van der Waals surface area contributed by atoms with Crippen molar-refractivity contribution in [3.8, 4) is 0 Å². The van der Waals surface area contributed by atoms with E-state index in [-0.39, 0.29) is 12.1 Å². The van der Waals surface area contributed by atoms with Gasteiger partial charge in [0.1, 0.15) is 0 Å². The zero-order valence-corrected chi connectivity index (χ0v) is 7.98. The molecular weight excluding hydrogens is 186 g/mol. The maximum atomic E-state index is 13.3. The fourth-order valence-electron chi connectivity index (χ4n) is 1.01. The molecule has 1 rings (SSSR count). The Labute approximate surface area is 81.7 Å². The first-order valence-corrected chi connectivity index (χ1v) is 4.50. The van der Waals surface area contributed by atoms with E-state index in [0.29, 0.717) is 6.54 Å². The molecule has 0 radical (unpaired) electrons. The van der Waals surface area contributed by atoms with E-state index in [1.807, 2.05) is 6.92 Å². The van der Waals surface area contributed by atoms with Gasteiger partial charge in [-0.15, -0.1) is 0 Å². The van der Waals surface area contributed by atoms with Crippen LogP contribution in [0, 0.1) is 0 Å². The molecule has 0 unspecified atom stereocenters. The molecule has 0 atom stereocenters. The number of nitrogens with one attached hydrogen (secondary N) is 1. The van der Waals surface area contributed by atoms with E-state index in [9.17, 15) is 8.78 Å². The van der Waals surface area contributed by atoms with Crippen LogP contribution in [0.4, 0.5) is 8.78 Å². The van der Waals surface area contributed by atoms with E-state index in [4.69, 9.17) is 0 Å². The van der Waals surface area contributed by atoms with E-state index in [1.165, 1.54) is 12.3 Å². The van der Waals surface area contributed by atoms with E-state index in [0.717, 1.165) is 6.42 Å². The second-order valence-corrected chi connectivity index (χ2v) is 2.98. The number of aliphatic imine (C=N–C) groups is 1. The van der Waals surface area contributed by atoms with Gasteiger partial charge in [0.15, 0.2) is 0 Å². The average Bonchev–Trinajstić information content (AvgIpc) is 2.19. The van der Waals surface area contributed by atoms with Gasteiger partial charge in [0.2, 0.25) is 0 Å². The summed E-state index contributed by atoms with van der Waals surface area (Å²) in [4.78, 5) is 3.52. The van der Waals surface area contributed by atoms with Crippen LogP contribution in [0.15, 0.2) is 28.6 Å². The number of hydrogen-bond acceptors (Lipinski definition) is 2. The van der Waals surface area contributed by atoms with E-state index >= 15 is 0 Å². The Morgan fingerprint density at radius 2 is 2.36 bits per heavy atom. The predicted octanol–water partition coefficient (Wildman–Crippen LogP) is 1.90. The molecule has 1 aliphatic rings. The summed E-state index contributed by atoms with van der Waals surface area (Å²) < 4.78 is 26.7. The van der Waals surface area contributed by atoms with E-state index in [1.54, 1.807) is 0 Å². The Bertz CT molecular complexity index is 319. The molecule has 1 aliphatic heterocycles. The lowest BCUT2D eigenvalue weighted by Gasteiger charge is -2.16. The van der Waals surface area contributed by atoms with Crippen molar-refractivity contribution < 1.29 is 8.78 Å². The van der Waals surface area contributed by atoms with Gasteiger partial charge in [0, 0.05) is 12.1 Å². The molecule has 0 fully saturated rings. The summed E-state index contributed by atoms with van der Waals surface area (Å²) >= 11 is 0. The van der Waals surface area contributed by atoms with Crippen molar-refractivity contribution in [2.75, 3.05) is 13.1 Å². The van der Waals surface area contributed by atoms with Crippen LogP contribution in [0.2, 0.25) is 0 Å². The highest BCUT2D eigenvalue weighted by Gasteiger charge is 2.32. The molecule has 0 aromatic heterocycles. The van der Waals surface area contributed by atoms with Gasteiger partial charge in [0.25, 0.3) is 5.92 Å². The molecule has 0 amide bonds. The van der Waals surface area contributed by atoms with Crippen LogP contribution in [0.1, 0.15) is 13.3 Å². The normalized spacial score (nSPS) is 14.6. The third kappa shape index (κ3) is 2.93. The lowest BCUT2D eigenvalue weighted by molar-refractivity contribution is 0.0462. The Kier molecular flexibility index (Phi) is 3.78. The lowest BCUT2D eigenvalue weighted by Crippen LogP contribution is -2.34. The van der Waals surface area contributed by atoms with Gasteiger partial charge < -0.3 is 5.32 Å². The number of rotatable bonds is 5. The van der Waals surface area contributed by atoms with Crippen LogP contribution in [0.5, 0.6) is 0 Å². The van der Waals surface area contributed by atoms with Gasteiger partial charge in [-0.25, -0.2) is 4.99 Å². The summed E-state index contributed by atoms with van der Waals surface area (Å²) in [7, 11) is 0. The summed E-state index contributed by atoms with van der Waals surface area (Å²) in [6.45, 7) is 2.15. The Hall–Kier alpha value is -1.21. The minimum Gasteiger partial charge on any atom is -0.311 e. The molecule has 76 valence electrons. The standard InChI is InChI=1S/C10H12F2N2/c1-2-5-14-8-10(11,12)9-3-6-13-7-4-9/h3,6,14H,2,5,8H2,1H3. The zero-order valence-electron chi connectivity index (χ0n) is 7.98. The van der Waals surface area contributed by atoms with E-state index < -0.39 is 5.92 Å². The summed E-state index contributed by atoms with van der Waals surface area (Å²) in [5, 5.41) is 2.67. The predicted molar refractivity (Wildman–Crippen MR) is 51.7 cm³/mol. The first-order valence-electron chi connectivity index (χ1n) is 4.50. The Morgan fingerprint density at radius 3 is 2.93 bits per heavy atom. The third-order valence-corrected chi connectivity index (χ3v) is 1.74. The highest BCUT2D eigenvalue weighted by molar-refractivity contribution is 5.57. The quantitative estimate of drug-likeness (QED) is 0.529. The average molecular weight is 198 g/mol. The van der Waals surface area contributed by atoms with E-state index in [2.05, 4.69) is 21.9 Å². The molecule has 2 nitrogen and oxygen atoms in total. The molecule has 0 saturated carbocycles. The summed E-state index contributed by atoms with van der Waals surface area (Å²) in [5.74, 6) is -0.620. The van der Waals surface area contributed by atoms with Gasteiger partial charge in [0.05, 0.1) is 12.1 Å². The van der Waals surface area contributed by atoms with Gasteiger partial charge in [-0.3, -0.25) is 0 Å². The van der Waals surface area contributed by atoms with Crippen molar-refractivity contribution in [1.29, 1.82) is 0 Å². The minimum atomic E-state index is -2.89. The van der Waals surface area contributed by atoms with Crippen molar-refractivity contribution in [2.45, 2.75) is 19.3 Å². The highest BCUT2D eigenvalue weighted by atomic mass is 19.3. The molecular formula is C10H12F2N2. The lowest BCUT2D eigenvalue weighted by atomic mass is 10.1. The second kappa shape index (κ2) is 4.87. The molecule has 4 heteroatoms. The van der Waals surface area contributed by atoms with Gasteiger partial charge in [-0.2, -0.15) is 8.78 Å². The minimum absolute atomic E-state index is 0.170. The molecule has 0 aromatic carbocycles. The summed E-state index contributed by atoms with van der Waals surface area (Å²) in [5.41, 5.74) is 2.14. The van der Waals surface area contributed by atoms with Gasteiger partial charge in [-0.05, 0) is 24.8 Å². The molecule has 1 N–H and O–H groups in total. The number of hydrogen-bond donors (Lipinski definition) is 1. The Balaban J connectivity index is 2.61. The van der Waals surface area contributed by atoms with Crippen LogP contribution in [0.25, 0.3) is 0 Å². The van der Waals surface area contributed by atoms with Gasteiger partial charge in [-0.1, -0.05) is 6.92 Å². The van der Waals surface area contributed by atoms with Crippen molar-refractivity contribution >= 4 is 5.87 Å². The van der Waals surface area contributed by atoms with Crippen molar-refractivity contribution in [3.05, 3.63) is 23.6 Å². The molecule has 0 bridgehead atoms. The molecule has 0 spiro atoms. The topological polar surface area (TPSA) is 24.4 Å². The monoisotopic (exact) mass is 198 g/mol. The first kappa shape index (κ1) is 10.9. The van der Waals surface area contributed by atoms with Gasteiger partial charge >= 0.3 is 0 Å². The zero-order chi connectivity index (χ0) is 10.4. The molecule has 0 aliphatic carbocycles. The number of alkyl halides is 2. The van der Waals surface area contributed by atoms with Crippen molar-refractivity contribution in [2.24, 2.45) is 4.99 Å². The fraction of sp³-hybridized carbons (Fsp3) is 0.500. The Morgan fingerprint density at radius 1 is 1.57 bits per heavy atom. The van der Waals surface area contributed by atoms with Crippen molar-refractivity contribution in [1.82, 2.24) is 5.32 Å².